The van der Waals surface area contributed by atoms with Crippen LogP contribution < -0.4 is 0 Å². The molecule has 0 amide bonds. The van der Waals surface area contributed by atoms with Crippen molar-refractivity contribution in [1.29, 1.82) is 0 Å². The van der Waals surface area contributed by atoms with Crippen LogP contribution in [0.5, 0.6) is 0 Å². The molecular formula is C29H48O. The average Bonchev–Trinajstić information content (AvgIpc) is 3.06. The van der Waals surface area contributed by atoms with E-state index in [-0.39, 0.29) is 6.10 Å². The fraction of sp³-hybridized carbons (Fsp3) is 0.862. The van der Waals surface area contributed by atoms with E-state index < -0.39 is 0 Å². The Morgan fingerprint density at radius 2 is 1.70 bits per heavy atom. The maximum absolute atomic E-state index is 10.2. The molecule has 1 heteroatoms. The van der Waals surface area contributed by atoms with Crippen molar-refractivity contribution in [3.05, 3.63) is 23.8 Å². The Labute approximate surface area is 186 Å². The van der Waals surface area contributed by atoms with Crippen LogP contribution in [0.15, 0.2) is 23.8 Å². The molecule has 0 spiro atoms. The summed E-state index contributed by atoms with van der Waals surface area (Å²) in [5, 5.41) is 10.2. The number of aliphatic hydroxyl groups excluding tert-OH is 1. The summed E-state index contributed by atoms with van der Waals surface area (Å²) in [4.78, 5) is 0. The molecule has 30 heavy (non-hydrogen) atoms. The van der Waals surface area contributed by atoms with Crippen molar-refractivity contribution in [2.75, 3.05) is 0 Å². The van der Waals surface area contributed by atoms with Crippen molar-refractivity contribution < 1.29 is 5.11 Å². The molecule has 0 radical (unpaired) electrons. The van der Waals surface area contributed by atoms with Crippen molar-refractivity contribution >= 4 is 0 Å². The zero-order chi connectivity index (χ0) is 21.7. The molecule has 170 valence electrons. The standard InChI is InChI=1S/C29H48O/c1-7-21(19(2)3)9-8-20(4)25-12-13-26-24-11-10-22-18-23(30)14-16-28(22,5)27(24)15-17-29(25,26)6/h7,10-11,19-20,22-27,30H,8-9,12-18H2,1-6H3/b21-7-/t20-,22-,23-,24-,25+,26-,27-,28-,29+/m1/s1. The van der Waals surface area contributed by atoms with Crippen LogP contribution in [-0.4, -0.2) is 11.2 Å². The summed E-state index contributed by atoms with van der Waals surface area (Å²) in [5.74, 6) is 5.57. The number of hydrogen-bond acceptors (Lipinski definition) is 1. The average molecular weight is 413 g/mol. The van der Waals surface area contributed by atoms with Crippen LogP contribution in [0.4, 0.5) is 0 Å². The fourth-order valence-corrected chi connectivity index (χ4v) is 8.93. The first-order chi connectivity index (χ1) is 14.2. The summed E-state index contributed by atoms with van der Waals surface area (Å²) >= 11 is 0. The molecule has 0 aliphatic heterocycles. The minimum absolute atomic E-state index is 0.0669. The predicted molar refractivity (Wildman–Crippen MR) is 128 cm³/mol. The Morgan fingerprint density at radius 3 is 2.40 bits per heavy atom. The number of rotatable bonds is 5. The lowest BCUT2D eigenvalue weighted by atomic mass is 9.46. The highest BCUT2D eigenvalue weighted by Gasteiger charge is 2.59. The topological polar surface area (TPSA) is 20.2 Å². The third kappa shape index (κ3) is 3.66. The van der Waals surface area contributed by atoms with Crippen molar-refractivity contribution in [1.82, 2.24) is 0 Å². The molecule has 4 aliphatic carbocycles. The SMILES string of the molecule is C/C=C(/CC[C@@H](C)[C@@H]1CC[C@@H]2[C@H]3C=C[C@@H]4C[C@H](O)CC[C@@]4(C)[C@@H]3CC[C@]21C)C(C)C. The van der Waals surface area contributed by atoms with E-state index in [1.807, 2.05) is 0 Å². The van der Waals surface area contributed by atoms with Crippen LogP contribution in [0.1, 0.15) is 99.3 Å². The molecule has 1 nitrogen and oxygen atoms in total. The van der Waals surface area contributed by atoms with Gasteiger partial charge in [0, 0.05) is 0 Å². The molecule has 1 N–H and O–H groups in total. The summed E-state index contributed by atoms with van der Waals surface area (Å²) in [5.41, 5.74) is 2.62. The molecule has 9 atom stereocenters. The maximum atomic E-state index is 10.2. The molecule has 4 aliphatic rings. The first-order valence-electron chi connectivity index (χ1n) is 13.2. The van der Waals surface area contributed by atoms with Gasteiger partial charge in [-0.15, -0.1) is 0 Å². The van der Waals surface area contributed by atoms with E-state index in [4.69, 9.17) is 0 Å². The second-order valence-corrected chi connectivity index (χ2v) is 12.5. The van der Waals surface area contributed by atoms with Gasteiger partial charge in [-0.05, 0) is 117 Å². The summed E-state index contributed by atoms with van der Waals surface area (Å²) in [7, 11) is 0. The van der Waals surface area contributed by atoms with Crippen LogP contribution in [0, 0.1) is 52.3 Å². The predicted octanol–water partition coefficient (Wildman–Crippen LogP) is 7.80. The molecule has 0 heterocycles. The maximum Gasteiger partial charge on any atom is 0.0546 e. The van der Waals surface area contributed by atoms with Gasteiger partial charge in [-0.1, -0.05) is 58.4 Å². The Bertz CT molecular complexity index is 674. The van der Waals surface area contributed by atoms with Crippen LogP contribution >= 0.6 is 0 Å². The van der Waals surface area contributed by atoms with Gasteiger partial charge in [-0.2, -0.15) is 0 Å². The number of allylic oxidation sites excluding steroid dienone is 4. The third-order valence-electron chi connectivity index (χ3n) is 10.9. The molecule has 0 aromatic carbocycles. The second-order valence-electron chi connectivity index (χ2n) is 12.5. The van der Waals surface area contributed by atoms with Crippen LogP contribution in [0.3, 0.4) is 0 Å². The van der Waals surface area contributed by atoms with Gasteiger partial charge >= 0.3 is 0 Å². The Balaban J connectivity index is 1.49. The Hall–Kier alpha value is -0.560. The van der Waals surface area contributed by atoms with E-state index in [1.165, 1.54) is 44.9 Å². The van der Waals surface area contributed by atoms with Gasteiger partial charge < -0.3 is 5.11 Å². The highest BCUT2D eigenvalue weighted by molar-refractivity contribution is 5.18. The van der Waals surface area contributed by atoms with Gasteiger partial charge in [0.25, 0.3) is 0 Å². The van der Waals surface area contributed by atoms with E-state index in [0.717, 1.165) is 42.4 Å². The molecular weight excluding hydrogens is 364 g/mol. The smallest absolute Gasteiger partial charge is 0.0546 e. The third-order valence-corrected chi connectivity index (χ3v) is 10.9. The summed E-state index contributed by atoms with van der Waals surface area (Å²) in [6.45, 7) is 14.7. The Kier molecular flexibility index (Phi) is 6.35. The first-order valence-corrected chi connectivity index (χ1v) is 13.2. The van der Waals surface area contributed by atoms with E-state index in [9.17, 15) is 5.11 Å². The number of fused-ring (bicyclic) bond motifs is 5. The van der Waals surface area contributed by atoms with Crippen molar-refractivity contribution in [2.45, 2.75) is 105 Å². The fourth-order valence-electron chi connectivity index (χ4n) is 8.93. The van der Waals surface area contributed by atoms with Crippen LogP contribution in [0.2, 0.25) is 0 Å². The minimum Gasteiger partial charge on any atom is -0.393 e. The van der Waals surface area contributed by atoms with Gasteiger partial charge in [0.1, 0.15) is 0 Å². The van der Waals surface area contributed by atoms with E-state index in [2.05, 4.69) is 59.8 Å². The lowest BCUT2D eigenvalue weighted by Gasteiger charge is -2.59. The highest BCUT2D eigenvalue weighted by atomic mass is 16.3. The van der Waals surface area contributed by atoms with Crippen LogP contribution in [-0.2, 0) is 0 Å². The molecule has 3 fully saturated rings. The Morgan fingerprint density at radius 1 is 1.00 bits per heavy atom. The molecule has 0 unspecified atom stereocenters. The van der Waals surface area contributed by atoms with Gasteiger partial charge in [0.05, 0.1) is 6.10 Å². The molecule has 0 saturated heterocycles. The molecule has 4 rings (SSSR count). The second kappa shape index (κ2) is 8.42. The highest BCUT2D eigenvalue weighted by Crippen LogP contribution is 2.67. The van der Waals surface area contributed by atoms with Gasteiger partial charge in [-0.25, -0.2) is 0 Å². The zero-order valence-electron chi connectivity index (χ0n) is 20.7. The molecule has 0 bridgehead atoms. The summed E-state index contributed by atoms with van der Waals surface area (Å²) < 4.78 is 0. The van der Waals surface area contributed by atoms with Gasteiger partial charge in [-0.3, -0.25) is 0 Å². The van der Waals surface area contributed by atoms with E-state index >= 15 is 0 Å². The van der Waals surface area contributed by atoms with Gasteiger partial charge in [0.15, 0.2) is 0 Å². The lowest BCUT2D eigenvalue weighted by Crippen LogP contribution is -2.52. The summed E-state index contributed by atoms with van der Waals surface area (Å²) in [6, 6.07) is 0. The lowest BCUT2D eigenvalue weighted by molar-refractivity contribution is -0.0812. The molecule has 0 aromatic heterocycles. The van der Waals surface area contributed by atoms with Gasteiger partial charge in [0.2, 0.25) is 0 Å². The van der Waals surface area contributed by atoms with E-state index in [1.54, 1.807) is 5.57 Å². The van der Waals surface area contributed by atoms with Crippen LogP contribution in [0.25, 0.3) is 0 Å². The first kappa shape index (κ1) is 22.6. The summed E-state index contributed by atoms with van der Waals surface area (Å²) in [6.07, 6.45) is 19.2. The zero-order valence-corrected chi connectivity index (χ0v) is 20.7. The normalized spacial score (nSPS) is 47.0. The quantitative estimate of drug-likeness (QED) is 0.457. The van der Waals surface area contributed by atoms with Crippen molar-refractivity contribution in [2.24, 2.45) is 52.3 Å². The molecule has 3 saturated carbocycles. The number of hydrogen-bond donors (Lipinski definition) is 1. The monoisotopic (exact) mass is 412 g/mol. The molecule has 0 aromatic rings. The number of aliphatic hydroxyl groups is 1. The minimum atomic E-state index is -0.0669. The largest absolute Gasteiger partial charge is 0.393 e. The van der Waals surface area contributed by atoms with E-state index in [0.29, 0.717) is 22.7 Å². The van der Waals surface area contributed by atoms with Crippen molar-refractivity contribution in [3.8, 4) is 0 Å². The van der Waals surface area contributed by atoms with Crippen molar-refractivity contribution in [3.63, 3.8) is 0 Å².